The topological polar surface area (TPSA) is 112 Å². The Morgan fingerprint density at radius 3 is 1.81 bits per heavy atom. The van der Waals surface area contributed by atoms with Crippen molar-refractivity contribution in [3.8, 4) is 0 Å². The SMILES string of the molecule is CS/C=C1\CN[C](=[W])\C1=C\c1ccccc1.[C-]#[O+].[C-]#[O+].[C-]#[O+].[C-]#[O+].[C-]#[O+]. The van der Waals surface area contributed by atoms with Gasteiger partial charge in [0, 0.05) is 0 Å². The number of thioether (sulfide) groups is 1. The van der Waals surface area contributed by atoms with Crippen LogP contribution in [0.4, 0.5) is 0 Å². The van der Waals surface area contributed by atoms with E-state index >= 15 is 0 Å². The summed E-state index contributed by atoms with van der Waals surface area (Å²) in [7, 11) is 0. The van der Waals surface area contributed by atoms with Crippen molar-refractivity contribution >= 4 is 21.9 Å². The second kappa shape index (κ2) is 28.1. The van der Waals surface area contributed by atoms with Crippen LogP contribution >= 0.6 is 11.8 Å². The van der Waals surface area contributed by atoms with Crippen LogP contribution in [0.2, 0.25) is 0 Å². The molecule has 0 spiro atoms. The van der Waals surface area contributed by atoms with Crippen LogP contribution in [0.3, 0.4) is 0 Å². The average Bonchev–Trinajstić information content (AvgIpc) is 3.10. The van der Waals surface area contributed by atoms with Crippen LogP contribution in [0.5, 0.6) is 0 Å². The van der Waals surface area contributed by atoms with Gasteiger partial charge in [-0.05, 0) is 0 Å². The predicted octanol–water partition coefficient (Wildman–Crippen LogP) is 2.41. The Labute approximate surface area is 168 Å². The van der Waals surface area contributed by atoms with Gasteiger partial charge < -0.3 is 0 Å². The number of nitrogens with one attached hydrogen (secondary N) is 1. The Hall–Kier alpha value is -1.73. The zero-order valence-corrected chi connectivity index (χ0v) is 17.4. The van der Waals surface area contributed by atoms with Gasteiger partial charge in [-0.15, -0.1) is 0 Å². The Bertz CT molecular complexity index is 623. The molecule has 1 aliphatic rings. The van der Waals surface area contributed by atoms with Crippen LogP contribution in [-0.2, 0) is 42.6 Å². The third kappa shape index (κ3) is 14.6. The molecule has 1 aromatic carbocycles. The van der Waals surface area contributed by atoms with E-state index in [2.05, 4.69) is 86.6 Å². The van der Waals surface area contributed by atoms with E-state index in [1.165, 1.54) is 40.1 Å². The van der Waals surface area contributed by atoms with Crippen LogP contribution in [0.15, 0.2) is 46.9 Å². The Kier molecular flexibility index (Phi) is 34.6. The summed E-state index contributed by atoms with van der Waals surface area (Å²) < 4.78 is 38.9. The van der Waals surface area contributed by atoms with Crippen molar-refractivity contribution in [3.05, 3.63) is 85.7 Å². The molecule has 1 fully saturated rings. The van der Waals surface area contributed by atoms with Gasteiger partial charge in [0.25, 0.3) is 0 Å². The summed E-state index contributed by atoms with van der Waals surface area (Å²) in [6.45, 7) is 23.5. The van der Waals surface area contributed by atoms with E-state index in [-0.39, 0.29) is 0 Å². The van der Waals surface area contributed by atoms with Crippen molar-refractivity contribution in [1.29, 1.82) is 0 Å². The van der Waals surface area contributed by atoms with E-state index in [0.29, 0.717) is 0 Å². The molecule has 1 saturated heterocycles. The number of hydrogen-bond donors (Lipinski definition) is 1. The summed E-state index contributed by atoms with van der Waals surface area (Å²) in [5.41, 5.74) is 4.05. The van der Waals surface area contributed by atoms with Crippen LogP contribution in [-0.4, -0.2) is 16.8 Å². The van der Waals surface area contributed by atoms with Gasteiger partial charge in [0.1, 0.15) is 0 Å². The molecule has 1 aliphatic heterocycles. The molecular formula is C18H13NO5SW. The molecule has 2 rings (SSSR count). The molecule has 8 heteroatoms. The maximum absolute atomic E-state index is 7.50. The van der Waals surface area contributed by atoms with Crippen LogP contribution in [0.25, 0.3) is 6.08 Å². The molecule has 0 radical (unpaired) electrons. The van der Waals surface area contributed by atoms with E-state index in [9.17, 15) is 0 Å². The molecule has 0 amide bonds. The van der Waals surface area contributed by atoms with Gasteiger partial charge in [-0.2, -0.15) is 0 Å². The van der Waals surface area contributed by atoms with E-state index < -0.39 is 0 Å². The van der Waals surface area contributed by atoms with Crippen LogP contribution in [0, 0.1) is 33.3 Å². The third-order valence-electron chi connectivity index (χ3n) is 2.40. The Morgan fingerprint density at radius 1 is 0.923 bits per heavy atom. The first kappa shape index (κ1) is 32.0. The second-order valence-corrected chi connectivity index (χ2v) is 5.70. The predicted molar refractivity (Wildman–Crippen MR) is 88.7 cm³/mol. The van der Waals surface area contributed by atoms with Gasteiger partial charge in [0.15, 0.2) is 0 Å². The van der Waals surface area contributed by atoms with Crippen LogP contribution < -0.4 is 5.32 Å². The molecule has 1 N–H and O–H groups in total. The first-order valence-corrected chi connectivity index (χ1v) is 8.86. The zero-order valence-electron chi connectivity index (χ0n) is 13.6. The molecule has 26 heavy (non-hydrogen) atoms. The van der Waals surface area contributed by atoms with Crippen LogP contribution in [0.1, 0.15) is 5.56 Å². The minimum atomic E-state index is 0.971. The molecule has 1 heterocycles. The normalized spacial score (nSPS) is 13.3. The van der Waals surface area contributed by atoms with E-state index in [4.69, 9.17) is 23.3 Å². The quantitative estimate of drug-likeness (QED) is 0.460. The molecule has 0 aromatic heterocycles. The number of rotatable bonds is 2. The fourth-order valence-electron chi connectivity index (χ4n) is 1.63. The monoisotopic (exact) mass is 539 g/mol. The van der Waals surface area contributed by atoms with Gasteiger partial charge in [0.2, 0.25) is 0 Å². The molecular weight excluding hydrogens is 526 g/mol. The Balaban J connectivity index is -0.000000210. The summed E-state index contributed by atoms with van der Waals surface area (Å²) in [5.74, 6) is 0. The average molecular weight is 539 g/mol. The molecule has 6 nitrogen and oxygen atoms in total. The molecule has 0 bridgehead atoms. The van der Waals surface area contributed by atoms with Gasteiger partial charge in [-0.25, -0.2) is 0 Å². The molecule has 0 saturated carbocycles. The number of benzene rings is 1. The molecule has 1 aromatic rings. The molecule has 0 unspecified atom stereocenters. The summed E-state index contributed by atoms with van der Waals surface area (Å²) in [6.07, 6.45) is 4.37. The second-order valence-electron chi connectivity index (χ2n) is 3.53. The van der Waals surface area contributed by atoms with Gasteiger partial charge in [0.05, 0.1) is 0 Å². The third-order valence-corrected chi connectivity index (χ3v) is 4.23. The van der Waals surface area contributed by atoms with Crippen molar-refractivity contribution in [3.63, 3.8) is 0 Å². The summed E-state index contributed by atoms with van der Waals surface area (Å²) in [5, 5.41) is 5.66. The van der Waals surface area contributed by atoms with Crippen molar-refractivity contribution in [1.82, 2.24) is 5.32 Å². The molecule has 0 atom stereocenters. The van der Waals surface area contributed by atoms with Gasteiger partial charge in [-0.1, -0.05) is 0 Å². The maximum atomic E-state index is 7.50. The summed E-state index contributed by atoms with van der Waals surface area (Å²) in [4.78, 5) is 0. The standard InChI is InChI=1S/C13H13NS.5CO.W/c1-15-10-13-9-14-8-12(13)7-11-5-3-2-4-6-11;5*1-2;/h2-7,10,14H,9H2,1H3;;;;;;/b12-7-,13-10+;;;;;;. The van der Waals surface area contributed by atoms with Crippen molar-refractivity contribution < 1.29 is 42.6 Å². The van der Waals surface area contributed by atoms with Crippen molar-refractivity contribution in [2.24, 2.45) is 0 Å². The first-order valence-electron chi connectivity index (χ1n) is 6.10. The van der Waals surface area contributed by atoms with Crippen molar-refractivity contribution in [2.45, 2.75) is 0 Å². The fourth-order valence-corrected chi connectivity index (χ4v) is 3.07. The zero-order chi connectivity index (χ0) is 21.4. The first-order chi connectivity index (χ1) is 12.8. The fraction of sp³-hybridized carbons (Fsp3) is 0.111. The van der Waals surface area contributed by atoms with E-state index in [0.717, 1.165) is 6.54 Å². The number of hydrogen-bond acceptors (Lipinski definition) is 2. The molecule has 132 valence electrons. The minimum absolute atomic E-state index is 0.971. The molecule has 0 aliphatic carbocycles. The van der Waals surface area contributed by atoms with Gasteiger partial charge >= 0.3 is 168 Å². The summed E-state index contributed by atoms with van der Waals surface area (Å²) >= 11 is 3.27. The Morgan fingerprint density at radius 2 is 1.38 bits per heavy atom. The van der Waals surface area contributed by atoms with Crippen molar-refractivity contribution in [2.75, 3.05) is 12.8 Å². The van der Waals surface area contributed by atoms with E-state index in [1.807, 2.05) is 0 Å². The summed E-state index contributed by atoms with van der Waals surface area (Å²) in [6, 6.07) is 10.5. The van der Waals surface area contributed by atoms with Gasteiger partial charge in [-0.3, -0.25) is 0 Å². The van der Waals surface area contributed by atoms with E-state index in [1.54, 1.807) is 11.8 Å².